The van der Waals surface area contributed by atoms with E-state index < -0.39 is 0 Å². The van der Waals surface area contributed by atoms with Gasteiger partial charge in [0.15, 0.2) is 0 Å². The molecule has 1 heterocycles. The first-order chi connectivity index (χ1) is 9.17. The number of hydrogen-bond acceptors (Lipinski definition) is 2. The van der Waals surface area contributed by atoms with Crippen LogP contribution in [0.1, 0.15) is 44.2 Å². The van der Waals surface area contributed by atoms with E-state index in [9.17, 15) is 4.79 Å². The fourth-order valence-corrected chi connectivity index (χ4v) is 3.11. The van der Waals surface area contributed by atoms with E-state index in [0.29, 0.717) is 25.0 Å². The molecule has 2 rings (SSSR count). The number of amides is 1. The number of carbonyl (C=O) groups is 1. The molecule has 3 nitrogen and oxygen atoms in total. The van der Waals surface area contributed by atoms with Gasteiger partial charge < -0.3 is 10.6 Å². The van der Waals surface area contributed by atoms with Crippen LogP contribution in [0.3, 0.4) is 0 Å². The molecule has 0 aliphatic carbocycles. The Morgan fingerprint density at radius 1 is 1.32 bits per heavy atom. The summed E-state index contributed by atoms with van der Waals surface area (Å²) < 4.78 is 0. The van der Waals surface area contributed by atoms with Crippen LogP contribution in [0.25, 0.3) is 0 Å². The van der Waals surface area contributed by atoms with E-state index in [1.54, 1.807) is 0 Å². The molecule has 2 unspecified atom stereocenters. The predicted octanol–water partition coefficient (Wildman–Crippen LogP) is 2.48. The average Bonchev–Trinajstić information content (AvgIpc) is 2.80. The molecule has 1 saturated heterocycles. The second kappa shape index (κ2) is 6.20. The van der Waals surface area contributed by atoms with E-state index in [2.05, 4.69) is 18.7 Å². The van der Waals surface area contributed by atoms with Crippen LogP contribution in [0.15, 0.2) is 24.3 Å². The van der Waals surface area contributed by atoms with Crippen molar-refractivity contribution in [3.05, 3.63) is 35.4 Å². The molecule has 3 heteroatoms. The largest absolute Gasteiger partial charge is 0.337 e. The average molecular weight is 260 g/mol. The van der Waals surface area contributed by atoms with Crippen LogP contribution in [0, 0.1) is 0 Å². The molecule has 0 aromatic heterocycles. The predicted molar refractivity (Wildman–Crippen MR) is 77.7 cm³/mol. The molecule has 1 aliphatic heterocycles. The molecule has 0 spiro atoms. The van der Waals surface area contributed by atoms with Crippen LogP contribution in [-0.4, -0.2) is 22.9 Å². The highest BCUT2D eigenvalue weighted by atomic mass is 16.2. The molecule has 1 aromatic carbocycles. The van der Waals surface area contributed by atoms with E-state index in [4.69, 9.17) is 5.73 Å². The monoisotopic (exact) mass is 260 g/mol. The Bertz CT molecular complexity index is 444. The number of nitrogens with zero attached hydrogens (tertiary/aromatic N) is 1. The molecule has 1 amide bonds. The van der Waals surface area contributed by atoms with Gasteiger partial charge >= 0.3 is 0 Å². The minimum Gasteiger partial charge on any atom is -0.337 e. The Hall–Kier alpha value is -1.35. The molecule has 104 valence electrons. The second-order valence-corrected chi connectivity index (χ2v) is 5.44. The summed E-state index contributed by atoms with van der Waals surface area (Å²) in [4.78, 5) is 14.6. The smallest absolute Gasteiger partial charge is 0.227 e. The number of hydrogen-bond donors (Lipinski definition) is 1. The topological polar surface area (TPSA) is 46.3 Å². The first-order valence-electron chi connectivity index (χ1n) is 7.25. The number of likely N-dealkylation sites (tertiary alicyclic amines) is 1. The number of carbonyl (C=O) groups excluding carboxylic acids is 1. The molecular weight excluding hydrogens is 236 g/mol. The second-order valence-electron chi connectivity index (χ2n) is 5.44. The maximum absolute atomic E-state index is 12.5. The van der Waals surface area contributed by atoms with E-state index in [0.717, 1.165) is 30.4 Å². The SMILES string of the molecule is CCC1CCC(C)N1C(=O)Cc1ccccc1CN. The van der Waals surface area contributed by atoms with Crippen LogP contribution in [0.4, 0.5) is 0 Å². The summed E-state index contributed by atoms with van der Waals surface area (Å²) in [6.07, 6.45) is 3.80. The van der Waals surface area contributed by atoms with Gasteiger partial charge in [-0.2, -0.15) is 0 Å². The van der Waals surface area contributed by atoms with Gasteiger partial charge in [0.2, 0.25) is 5.91 Å². The number of benzene rings is 1. The normalized spacial score (nSPS) is 22.8. The highest BCUT2D eigenvalue weighted by molar-refractivity contribution is 5.80. The summed E-state index contributed by atoms with van der Waals surface area (Å²) in [6, 6.07) is 8.78. The first kappa shape index (κ1) is 14.1. The van der Waals surface area contributed by atoms with Crippen molar-refractivity contribution in [1.82, 2.24) is 4.90 Å². The summed E-state index contributed by atoms with van der Waals surface area (Å²) in [6.45, 7) is 4.81. The van der Waals surface area contributed by atoms with Crippen LogP contribution in [0.5, 0.6) is 0 Å². The van der Waals surface area contributed by atoms with Crippen molar-refractivity contribution >= 4 is 5.91 Å². The minimum absolute atomic E-state index is 0.248. The van der Waals surface area contributed by atoms with Gasteiger partial charge in [-0.1, -0.05) is 31.2 Å². The van der Waals surface area contributed by atoms with Crippen molar-refractivity contribution in [3.8, 4) is 0 Å². The Labute approximate surface area is 115 Å². The van der Waals surface area contributed by atoms with Gasteiger partial charge in [-0.3, -0.25) is 4.79 Å². The molecule has 1 fully saturated rings. The maximum atomic E-state index is 12.5. The van der Waals surface area contributed by atoms with E-state index in [1.807, 2.05) is 24.3 Å². The van der Waals surface area contributed by atoms with Gasteiger partial charge in [0, 0.05) is 18.6 Å². The highest BCUT2D eigenvalue weighted by Crippen LogP contribution is 2.27. The van der Waals surface area contributed by atoms with Crippen molar-refractivity contribution in [3.63, 3.8) is 0 Å². The lowest BCUT2D eigenvalue weighted by Crippen LogP contribution is -2.40. The standard InChI is InChI=1S/C16H24N2O/c1-3-15-9-8-12(2)18(15)16(19)10-13-6-4-5-7-14(13)11-17/h4-7,12,15H,3,8-11,17H2,1-2H3. The van der Waals surface area contributed by atoms with Gasteiger partial charge in [-0.15, -0.1) is 0 Å². The zero-order valence-electron chi connectivity index (χ0n) is 11.9. The van der Waals surface area contributed by atoms with E-state index >= 15 is 0 Å². The fourth-order valence-electron chi connectivity index (χ4n) is 3.11. The molecule has 0 radical (unpaired) electrons. The molecular formula is C16H24N2O. The van der Waals surface area contributed by atoms with E-state index in [-0.39, 0.29) is 5.91 Å². The van der Waals surface area contributed by atoms with Crippen molar-refractivity contribution < 1.29 is 4.79 Å². The van der Waals surface area contributed by atoms with Crippen LogP contribution in [-0.2, 0) is 17.8 Å². The lowest BCUT2D eigenvalue weighted by molar-refractivity contribution is -0.133. The molecule has 1 aliphatic rings. The lowest BCUT2D eigenvalue weighted by atomic mass is 10.0. The summed E-state index contributed by atoms with van der Waals surface area (Å²) >= 11 is 0. The maximum Gasteiger partial charge on any atom is 0.227 e. The Morgan fingerprint density at radius 2 is 2.00 bits per heavy atom. The third kappa shape index (κ3) is 2.98. The zero-order valence-corrected chi connectivity index (χ0v) is 11.9. The Balaban J connectivity index is 2.12. The number of rotatable bonds is 4. The van der Waals surface area contributed by atoms with Crippen LogP contribution < -0.4 is 5.73 Å². The summed E-state index contributed by atoms with van der Waals surface area (Å²) in [5.74, 6) is 0.248. The van der Waals surface area contributed by atoms with Gasteiger partial charge in [-0.25, -0.2) is 0 Å². The zero-order chi connectivity index (χ0) is 13.8. The van der Waals surface area contributed by atoms with Gasteiger partial charge in [0.05, 0.1) is 6.42 Å². The molecule has 2 atom stereocenters. The summed E-state index contributed by atoms with van der Waals surface area (Å²) in [7, 11) is 0. The Kier molecular flexibility index (Phi) is 4.59. The van der Waals surface area contributed by atoms with Gasteiger partial charge in [-0.05, 0) is 37.3 Å². The van der Waals surface area contributed by atoms with Crippen molar-refractivity contribution in [2.75, 3.05) is 0 Å². The van der Waals surface area contributed by atoms with Crippen molar-refractivity contribution in [1.29, 1.82) is 0 Å². The molecule has 0 saturated carbocycles. The lowest BCUT2D eigenvalue weighted by Gasteiger charge is -2.28. The van der Waals surface area contributed by atoms with Crippen LogP contribution >= 0.6 is 0 Å². The molecule has 1 aromatic rings. The van der Waals surface area contributed by atoms with Gasteiger partial charge in [0.25, 0.3) is 0 Å². The third-order valence-electron chi connectivity index (χ3n) is 4.23. The summed E-state index contributed by atoms with van der Waals surface area (Å²) in [5.41, 5.74) is 7.89. The Morgan fingerprint density at radius 3 is 2.63 bits per heavy atom. The third-order valence-corrected chi connectivity index (χ3v) is 4.23. The fraction of sp³-hybridized carbons (Fsp3) is 0.562. The molecule has 2 N–H and O–H groups in total. The molecule has 19 heavy (non-hydrogen) atoms. The van der Waals surface area contributed by atoms with Crippen molar-refractivity contribution in [2.45, 2.75) is 58.2 Å². The van der Waals surface area contributed by atoms with Gasteiger partial charge in [0.1, 0.15) is 0 Å². The van der Waals surface area contributed by atoms with Crippen molar-refractivity contribution in [2.24, 2.45) is 5.73 Å². The highest BCUT2D eigenvalue weighted by Gasteiger charge is 2.32. The number of nitrogens with two attached hydrogens (primary N) is 1. The molecule has 0 bridgehead atoms. The van der Waals surface area contributed by atoms with E-state index in [1.165, 1.54) is 0 Å². The van der Waals surface area contributed by atoms with Crippen LogP contribution in [0.2, 0.25) is 0 Å². The minimum atomic E-state index is 0.248. The summed E-state index contributed by atoms with van der Waals surface area (Å²) in [5, 5.41) is 0. The first-order valence-corrected chi connectivity index (χ1v) is 7.25. The quantitative estimate of drug-likeness (QED) is 0.904.